The van der Waals surface area contributed by atoms with Gasteiger partial charge in [0.1, 0.15) is 11.4 Å². The van der Waals surface area contributed by atoms with Gasteiger partial charge in [-0.25, -0.2) is 0 Å². The summed E-state index contributed by atoms with van der Waals surface area (Å²) < 4.78 is 17.2. The zero-order chi connectivity index (χ0) is 20.4. The number of aryl methyl sites for hydroxylation is 1. The number of fused-ring (bicyclic) bond motifs is 1. The first-order chi connectivity index (χ1) is 14.0. The molecule has 0 N–H and O–H groups in total. The summed E-state index contributed by atoms with van der Waals surface area (Å²) in [6, 6.07) is 13.0. The van der Waals surface area contributed by atoms with Gasteiger partial charge in [-0.05, 0) is 31.2 Å². The molecular formula is C23H25NO5. The van der Waals surface area contributed by atoms with Gasteiger partial charge in [0.15, 0.2) is 23.9 Å². The minimum Gasteiger partial charge on any atom is -0.493 e. The van der Waals surface area contributed by atoms with Crippen molar-refractivity contribution in [2.75, 3.05) is 26.8 Å². The van der Waals surface area contributed by atoms with Crippen molar-refractivity contribution in [3.05, 3.63) is 53.6 Å². The highest BCUT2D eigenvalue weighted by molar-refractivity contribution is 6.00. The standard InChI is InChI=1S/C23H25NO5/c1-16-7-8-19-17(13-16)18(25)14-23(29-19)9-11-24(12-10-23)22(26)15-28-21-6-4-3-5-20(21)27-2/h3-8,13H,9-12,14-15H2,1-2H3. The Balaban J connectivity index is 1.36. The Bertz CT molecular complexity index is 931. The van der Waals surface area contributed by atoms with Crippen LogP contribution in [0.2, 0.25) is 0 Å². The summed E-state index contributed by atoms with van der Waals surface area (Å²) in [5, 5.41) is 0. The number of ketones is 1. The first kappa shape index (κ1) is 19.3. The Hall–Kier alpha value is -3.02. The van der Waals surface area contributed by atoms with Crippen LogP contribution >= 0.6 is 0 Å². The number of ether oxygens (including phenoxy) is 3. The van der Waals surface area contributed by atoms with Gasteiger partial charge in [-0.2, -0.15) is 0 Å². The van der Waals surface area contributed by atoms with E-state index in [1.54, 1.807) is 24.1 Å². The van der Waals surface area contributed by atoms with Gasteiger partial charge in [-0.1, -0.05) is 23.8 Å². The molecule has 0 unspecified atom stereocenters. The molecular weight excluding hydrogens is 370 g/mol. The Morgan fingerprint density at radius 3 is 2.59 bits per heavy atom. The predicted octanol–water partition coefficient (Wildman–Crippen LogP) is 3.41. The van der Waals surface area contributed by atoms with Crippen LogP contribution in [0.1, 0.15) is 35.2 Å². The van der Waals surface area contributed by atoms with E-state index in [1.807, 2.05) is 37.3 Å². The summed E-state index contributed by atoms with van der Waals surface area (Å²) in [5.74, 6) is 1.84. The van der Waals surface area contributed by atoms with Crippen molar-refractivity contribution in [1.82, 2.24) is 4.90 Å². The smallest absolute Gasteiger partial charge is 0.260 e. The van der Waals surface area contributed by atoms with Crippen LogP contribution in [0.3, 0.4) is 0 Å². The van der Waals surface area contributed by atoms with Crippen molar-refractivity contribution in [3.8, 4) is 17.2 Å². The van der Waals surface area contributed by atoms with Gasteiger partial charge in [-0.3, -0.25) is 9.59 Å². The number of carbonyl (C=O) groups is 2. The highest BCUT2D eigenvalue weighted by Gasteiger charge is 2.43. The molecule has 29 heavy (non-hydrogen) atoms. The first-order valence-corrected chi connectivity index (χ1v) is 9.86. The molecule has 1 saturated heterocycles. The lowest BCUT2D eigenvalue weighted by Crippen LogP contribution is -2.53. The zero-order valence-corrected chi connectivity index (χ0v) is 16.8. The van der Waals surface area contributed by atoms with Gasteiger partial charge in [0.25, 0.3) is 5.91 Å². The van der Waals surface area contributed by atoms with Crippen molar-refractivity contribution in [1.29, 1.82) is 0 Å². The molecule has 2 heterocycles. The molecule has 1 amide bonds. The van der Waals surface area contributed by atoms with Crippen molar-refractivity contribution in [2.24, 2.45) is 0 Å². The number of Topliss-reactive ketones (excluding diaryl/α,β-unsaturated/α-hetero) is 1. The zero-order valence-electron chi connectivity index (χ0n) is 16.8. The van der Waals surface area contributed by atoms with E-state index in [0.29, 0.717) is 55.2 Å². The van der Waals surface area contributed by atoms with Crippen molar-refractivity contribution in [3.63, 3.8) is 0 Å². The largest absolute Gasteiger partial charge is 0.493 e. The Kier molecular flexibility index (Phi) is 5.18. The number of rotatable bonds is 4. The molecule has 1 spiro atoms. The maximum atomic E-state index is 12.7. The number of benzene rings is 2. The number of hydrogen-bond donors (Lipinski definition) is 0. The molecule has 0 aliphatic carbocycles. The predicted molar refractivity (Wildman–Crippen MR) is 108 cm³/mol. The number of carbonyl (C=O) groups excluding carboxylic acids is 2. The third kappa shape index (κ3) is 3.92. The molecule has 2 aliphatic rings. The van der Waals surface area contributed by atoms with E-state index >= 15 is 0 Å². The maximum Gasteiger partial charge on any atom is 0.260 e. The average molecular weight is 395 g/mol. The summed E-state index contributed by atoms with van der Waals surface area (Å²) in [6.07, 6.45) is 1.63. The van der Waals surface area contributed by atoms with Gasteiger partial charge < -0.3 is 19.1 Å². The second-order valence-corrected chi connectivity index (χ2v) is 7.70. The van der Waals surface area contributed by atoms with E-state index in [-0.39, 0.29) is 18.3 Å². The molecule has 4 rings (SSSR count). The molecule has 6 heteroatoms. The number of para-hydroxylation sites is 2. The molecule has 0 radical (unpaired) electrons. The van der Waals surface area contributed by atoms with E-state index < -0.39 is 5.60 Å². The molecule has 0 saturated carbocycles. The molecule has 6 nitrogen and oxygen atoms in total. The SMILES string of the molecule is COc1ccccc1OCC(=O)N1CCC2(CC1)CC(=O)c1cc(C)ccc1O2. The summed E-state index contributed by atoms with van der Waals surface area (Å²) in [5.41, 5.74) is 1.20. The van der Waals surface area contributed by atoms with Gasteiger partial charge in [0.05, 0.1) is 19.1 Å². The monoisotopic (exact) mass is 395 g/mol. The van der Waals surface area contributed by atoms with E-state index in [1.165, 1.54) is 0 Å². The fourth-order valence-corrected chi connectivity index (χ4v) is 4.02. The van der Waals surface area contributed by atoms with Gasteiger partial charge in [0, 0.05) is 25.9 Å². The van der Waals surface area contributed by atoms with Crippen LogP contribution in [0.4, 0.5) is 0 Å². The van der Waals surface area contributed by atoms with Gasteiger partial charge in [0.2, 0.25) is 0 Å². The van der Waals surface area contributed by atoms with Crippen LogP contribution in [0.15, 0.2) is 42.5 Å². The normalized spacial score (nSPS) is 17.4. The Morgan fingerprint density at radius 1 is 1.14 bits per heavy atom. The second kappa shape index (κ2) is 7.78. The number of methoxy groups -OCH3 is 1. The minimum absolute atomic E-state index is 0.0464. The number of nitrogens with zero attached hydrogens (tertiary/aromatic N) is 1. The maximum absolute atomic E-state index is 12.7. The van der Waals surface area contributed by atoms with E-state index in [2.05, 4.69) is 0 Å². The van der Waals surface area contributed by atoms with Crippen LogP contribution < -0.4 is 14.2 Å². The highest BCUT2D eigenvalue weighted by atomic mass is 16.5. The Labute approximate surface area is 170 Å². The highest BCUT2D eigenvalue weighted by Crippen LogP contribution is 2.39. The van der Waals surface area contributed by atoms with E-state index in [9.17, 15) is 9.59 Å². The molecule has 2 aromatic carbocycles. The van der Waals surface area contributed by atoms with Crippen LogP contribution in [-0.4, -0.2) is 49.0 Å². The van der Waals surface area contributed by atoms with Crippen LogP contribution in [0.5, 0.6) is 17.2 Å². The van der Waals surface area contributed by atoms with Gasteiger partial charge >= 0.3 is 0 Å². The Morgan fingerprint density at radius 2 is 1.86 bits per heavy atom. The van der Waals surface area contributed by atoms with Crippen LogP contribution in [0.25, 0.3) is 0 Å². The molecule has 0 aromatic heterocycles. The summed E-state index contributed by atoms with van der Waals surface area (Å²) in [6.45, 7) is 3.01. The average Bonchev–Trinajstić information content (AvgIpc) is 2.73. The lowest BCUT2D eigenvalue weighted by atomic mass is 9.82. The van der Waals surface area contributed by atoms with Gasteiger partial charge in [-0.15, -0.1) is 0 Å². The lowest BCUT2D eigenvalue weighted by molar-refractivity contribution is -0.136. The third-order valence-electron chi connectivity index (χ3n) is 5.69. The minimum atomic E-state index is -0.514. The molecule has 2 aromatic rings. The lowest BCUT2D eigenvalue weighted by Gasteiger charge is -2.44. The summed E-state index contributed by atoms with van der Waals surface area (Å²) >= 11 is 0. The fourth-order valence-electron chi connectivity index (χ4n) is 4.02. The van der Waals surface area contributed by atoms with Crippen molar-refractivity contribution < 1.29 is 23.8 Å². The van der Waals surface area contributed by atoms with Crippen molar-refractivity contribution >= 4 is 11.7 Å². The van der Waals surface area contributed by atoms with E-state index in [0.717, 1.165) is 5.56 Å². The van der Waals surface area contributed by atoms with E-state index in [4.69, 9.17) is 14.2 Å². The molecule has 0 bridgehead atoms. The number of piperidine rings is 1. The third-order valence-corrected chi connectivity index (χ3v) is 5.69. The van der Waals surface area contributed by atoms with Crippen molar-refractivity contribution in [2.45, 2.75) is 31.8 Å². The quantitative estimate of drug-likeness (QED) is 0.794. The number of amides is 1. The number of likely N-dealkylation sites (tertiary alicyclic amines) is 1. The summed E-state index contributed by atoms with van der Waals surface area (Å²) in [4.78, 5) is 27.0. The topological polar surface area (TPSA) is 65.1 Å². The molecule has 2 aliphatic heterocycles. The molecule has 0 atom stereocenters. The van der Waals surface area contributed by atoms with Crippen LogP contribution in [-0.2, 0) is 4.79 Å². The molecule has 1 fully saturated rings. The van der Waals surface area contributed by atoms with Crippen LogP contribution in [0, 0.1) is 6.92 Å². The first-order valence-electron chi connectivity index (χ1n) is 9.86. The number of hydrogen-bond acceptors (Lipinski definition) is 5. The second-order valence-electron chi connectivity index (χ2n) is 7.70. The molecule has 152 valence electrons. The summed E-state index contributed by atoms with van der Waals surface area (Å²) in [7, 11) is 1.57. The fraction of sp³-hybridized carbons (Fsp3) is 0.391.